The van der Waals surface area contributed by atoms with Gasteiger partial charge in [0, 0.05) is 32.2 Å². The maximum absolute atomic E-state index is 11.4. The van der Waals surface area contributed by atoms with Crippen molar-refractivity contribution in [1.29, 1.82) is 0 Å². The number of carbonyl (C=O) groups is 1. The second-order valence-electron chi connectivity index (χ2n) is 4.81. The van der Waals surface area contributed by atoms with Gasteiger partial charge in [-0.05, 0) is 19.4 Å². The maximum atomic E-state index is 11.4. The van der Waals surface area contributed by atoms with Crippen LogP contribution in [-0.4, -0.2) is 37.1 Å². The van der Waals surface area contributed by atoms with Gasteiger partial charge in [0.1, 0.15) is 0 Å². The number of hydrogen-bond acceptors (Lipinski definition) is 2. The lowest BCUT2D eigenvalue weighted by Crippen LogP contribution is -2.35. The van der Waals surface area contributed by atoms with E-state index in [-0.39, 0.29) is 6.03 Å². The summed E-state index contributed by atoms with van der Waals surface area (Å²) in [5.41, 5.74) is 2.57. The Kier molecular flexibility index (Phi) is 4.20. The van der Waals surface area contributed by atoms with E-state index in [9.17, 15) is 4.79 Å². The smallest absolute Gasteiger partial charge is 0.317 e. The highest BCUT2D eigenvalue weighted by Gasteiger charge is 2.18. The minimum Gasteiger partial charge on any atom is -0.336 e. The first-order valence-electron chi connectivity index (χ1n) is 6.49. The topological polar surface area (TPSA) is 44.4 Å². The summed E-state index contributed by atoms with van der Waals surface area (Å²) in [6, 6.07) is 8.88. The number of urea groups is 1. The minimum absolute atomic E-state index is 0.0556. The zero-order valence-corrected chi connectivity index (χ0v) is 11.1. The normalized spacial score (nSPS) is 16.8. The van der Waals surface area contributed by atoms with Crippen molar-refractivity contribution in [1.82, 2.24) is 15.5 Å². The second-order valence-corrected chi connectivity index (χ2v) is 4.81. The first-order valence-corrected chi connectivity index (χ1v) is 6.49. The van der Waals surface area contributed by atoms with Gasteiger partial charge in [-0.1, -0.05) is 29.8 Å². The molecule has 0 aliphatic carbocycles. The van der Waals surface area contributed by atoms with Crippen LogP contribution in [0.4, 0.5) is 4.79 Å². The molecule has 0 bridgehead atoms. The molecule has 0 radical (unpaired) electrons. The van der Waals surface area contributed by atoms with Gasteiger partial charge in [-0.3, -0.25) is 0 Å². The fourth-order valence-corrected chi connectivity index (χ4v) is 2.20. The number of nitrogens with zero attached hydrogens (tertiary/aromatic N) is 1. The van der Waals surface area contributed by atoms with Gasteiger partial charge in [-0.25, -0.2) is 4.79 Å². The Balaban J connectivity index is 1.78. The first kappa shape index (κ1) is 12.9. The molecule has 98 valence electrons. The molecular weight excluding hydrogens is 226 g/mol. The van der Waals surface area contributed by atoms with Crippen molar-refractivity contribution in [3.05, 3.63) is 35.4 Å². The third-order valence-corrected chi connectivity index (χ3v) is 3.32. The molecule has 1 aromatic carbocycles. The molecule has 2 N–H and O–H groups in total. The van der Waals surface area contributed by atoms with Crippen LogP contribution in [-0.2, 0) is 0 Å². The number of amides is 2. The number of hydrogen-bond donors (Lipinski definition) is 2. The van der Waals surface area contributed by atoms with Crippen molar-refractivity contribution in [2.75, 3.05) is 26.2 Å². The largest absolute Gasteiger partial charge is 0.336 e. The van der Waals surface area contributed by atoms with Crippen molar-refractivity contribution >= 4 is 6.03 Å². The summed E-state index contributed by atoms with van der Waals surface area (Å²) < 4.78 is 0. The van der Waals surface area contributed by atoms with Crippen molar-refractivity contribution in [2.45, 2.75) is 19.9 Å². The van der Waals surface area contributed by atoms with Crippen LogP contribution in [0, 0.1) is 6.92 Å². The van der Waals surface area contributed by atoms with E-state index in [1.165, 1.54) is 11.1 Å². The average Bonchev–Trinajstić information content (AvgIpc) is 2.75. The van der Waals surface area contributed by atoms with Crippen LogP contribution in [0.5, 0.6) is 0 Å². The minimum atomic E-state index is 0.0556. The molecule has 1 fully saturated rings. The van der Waals surface area contributed by atoms with Crippen molar-refractivity contribution in [2.24, 2.45) is 0 Å². The molecule has 1 aromatic rings. The summed E-state index contributed by atoms with van der Waals surface area (Å²) in [6.07, 6.45) is 0. The van der Waals surface area contributed by atoms with Gasteiger partial charge in [-0.15, -0.1) is 0 Å². The van der Waals surface area contributed by atoms with Gasteiger partial charge in [0.2, 0.25) is 0 Å². The summed E-state index contributed by atoms with van der Waals surface area (Å²) in [5.74, 6) is 0. The Morgan fingerprint density at radius 2 is 2.33 bits per heavy atom. The standard InChI is InChI=1S/C14H21N3O/c1-11-4-3-5-13(10-11)12(2)15-6-8-17-9-7-16-14(17)18/h3-5,10,12,15H,6-9H2,1-2H3,(H,16,18)/t12-/m0/s1. The van der Waals surface area contributed by atoms with Crippen LogP contribution in [0.15, 0.2) is 24.3 Å². The number of carbonyl (C=O) groups excluding carboxylic acids is 1. The molecule has 0 aromatic heterocycles. The number of nitrogens with one attached hydrogen (secondary N) is 2. The van der Waals surface area contributed by atoms with Crippen LogP contribution >= 0.6 is 0 Å². The lowest BCUT2D eigenvalue weighted by molar-refractivity contribution is 0.217. The molecule has 1 heterocycles. The van der Waals surface area contributed by atoms with Gasteiger partial charge in [-0.2, -0.15) is 0 Å². The fourth-order valence-electron chi connectivity index (χ4n) is 2.20. The number of benzene rings is 1. The Hall–Kier alpha value is -1.55. The predicted octanol–water partition coefficient (Wildman–Crippen LogP) is 1.67. The summed E-state index contributed by atoms with van der Waals surface area (Å²) in [7, 11) is 0. The average molecular weight is 247 g/mol. The van der Waals surface area contributed by atoms with E-state index < -0.39 is 0 Å². The second kappa shape index (κ2) is 5.87. The predicted molar refractivity (Wildman–Crippen MR) is 72.6 cm³/mol. The third-order valence-electron chi connectivity index (χ3n) is 3.32. The van der Waals surface area contributed by atoms with E-state index in [1.807, 2.05) is 4.90 Å². The third kappa shape index (κ3) is 3.23. The molecule has 18 heavy (non-hydrogen) atoms. The molecule has 1 saturated heterocycles. The summed E-state index contributed by atoms with van der Waals surface area (Å²) in [6.45, 7) is 7.43. The molecule has 0 unspecified atom stereocenters. The Morgan fingerprint density at radius 1 is 1.50 bits per heavy atom. The van der Waals surface area contributed by atoms with Gasteiger partial charge in [0.05, 0.1) is 0 Å². The molecular formula is C14H21N3O. The number of rotatable bonds is 5. The van der Waals surface area contributed by atoms with Crippen molar-refractivity contribution in [3.63, 3.8) is 0 Å². The van der Waals surface area contributed by atoms with Crippen LogP contribution in [0.3, 0.4) is 0 Å². The van der Waals surface area contributed by atoms with Crippen molar-refractivity contribution in [3.8, 4) is 0 Å². The SMILES string of the molecule is Cc1cccc([C@H](C)NCCN2CCNC2=O)c1. The summed E-state index contributed by atoms with van der Waals surface area (Å²) >= 11 is 0. The van der Waals surface area contributed by atoms with Crippen molar-refractivity contribution < 1.29 is 4.79 Å². The van der Waals surface area contributed by atoms with Gasteiger partial charge >= 0.3 is 6.03 Å². The molecule has 4 nitrogen and oxygen atoms in total. The highest BCUT2D eigenvalue weighted by Crippen LogP contribution is 2.13. The van der Waals surface area contributed by atoms with E-state index in [0.29, 0.717) is 6.04 Å². The van der Waals surface area contributed by atoms with E-state index in [2.05, 4.69) is 48.7 Å². The monoisotopic (exact) mass is 247 g/mol. The Labute approximate surface area is 108 Å². The summed E-state index contributed by atoms with van der Waals surface area (Å²) in [5, 5.41) is 6.26. The quantitative estimate of drug-likeness (QED) is 0.831. The molecule has 2 rings (SSSR count). The molecule has 1 atom stereocenters. The first-order chi connectivity index (χ1) is 8.66. The molecule has 0 spiro atoms. The summed E-state index contributed by atoms with van der Waals surface area (Å²) in [4.78, 5) is 13.2. The van der Waals surface area contributed by atoms with E-state index >= 15 is 0 Å². The van der Waals surface area contributed by atoms with Gasteiger partial charge in [0.25, 0.3) is 0 Å². The van der Waals surface area contributed by atoms with Crippen LogP contribution < -0.4 is 10.6 Å². The van der Waals surface area contributed by atoms with E-state index in [4.69, 9.17) is 0 Å². The lowest BCUT2D eigenvalue weighted by atomic mass is 10.1. The molecule has 1 aliphatic heterocycles. The highest BCUT2D eigenvalue weighted by atomic mass is 16.2. The van der Waals surface area contributed by atoms with E-state index in [1.54, 1.807) is 0 Å². The van der Waals surface area contributed by atoms with Crippen LogP contribution in [0.25, 0.3) is 0 Å². The fraction of sp³-hybridized carbons (Fsp3) is 0.500. The molecule has 0 saturated carbocycles. The van der Waals surface area contributed by atoms with E-state index in [0.717, 1.165) is 26.2 Å². The zero-order valence-electron chi connectivity index (χ0n) is 11.1. The van der Waals surface area contributed by atoms with Gasteiger partial charge in [0.15, 0.2) is 0 Å². The van der Waals surface area contributed by atoms with Gasteiger partial charge < -0.3 is 15.5 Å². The number of aryl methyl sites for hydroxylation is 1. The van der Waals surface area contributed by atoms with Crippen LogP contribution in [0.1, 0.15) is 24.1 Å². The molecule has 1 aliphatic rings. The van der Waals surface area contributed by atoms with Crippen LogP contribution in [0.2, 0.25) is 0 Å². The Bertz CT molecular complexity index is 419. The maximum Gasteiger partial charge on any atom is 0.317 e. The molecule has 2 amide bonds. The lowest BCUT2D eigenvalue weighted by Gasteiger charge is -2.18. The zero-order chi connectivity index (χ0) is 13.0. The highest BCUT2D eigenvalue weighted by molar-refractivity contribution is 5.76. The molecule has 4 heteroatoms. The Morgan fingerprint density at radius 3 is 3.00 bits per heavy atom.